The van der Waals surface area contributed by atoms with Gasteiger partial charge in [-0.3, -0.25) is 4.79 Å². The van der Waals surface area contributed by atoms with Gasteiger partial charge in [0, 0.05) is 17.3 Å². The highest BCUT2D eigenvalue weighted by Gasteiger charge is 2.22. The van der Waals surface area contributed by atoms with Crippen LogP contribution in [0.5, 0.6) is 0 Å². The number of hydrazine groups is 1. The van der Waals surface area contributed by atoms with Crippen molar-refractivity contribution < 1.29 is 4.79 Å². The van der Waals surface area contributed by atoms with Crippen molar-refractivity contribution >= 4 is 11.7 Å². The van der Waals surface area contributed by atoms with Crippen LogP contribution in [0.3, 0.4) is 0 Å². The molecule has 5 nitrogen and oxygen atoms in total. The fraction of sp³-hybridized carbons (Fsp3) is 0.571. The Bertz CT molecular complexity index is 429. The first kappa shape index (κ1) is 15.4. The van der Waals surface area contributed by atoms with Gasteiger partial charge in [-0.25, -0.2) is 10.8 Å². The average Bonchev–Trinajstić information content (AvgIpc) is 2.36. The first-order valence-corrected chi connectivity index (χ1v) is 6.56. The standard InChI is InChI=1S/C14H24N4O/c1-6-11-7-10(8-12(17-11)18-15)13(19)16-9(2)14(3,4)5/h7-9H,6,15H2,1-5H3,(H,16,19)(H,17,18). The molecule has 1 aromatic heterocycles. The summed E-state index contributed by atoms with van der Waals surface area (Å²) >= 11 is 0. The van der Waals surface area contributed by atoms with Crippen LogP contribution < -0.4 is 16.6 Å². The Kier molecular flexibility index (Phi) is 4.89. The molecule has 0 spiro atoms. The second-order valence-corrected chi connectivity index (χ2v) is 5.79. The summed E-state index contributed by atoms with van der Waals surface area (Å²) in [6.45, 7) is 10.3. The van der Waals surface area contributed by atoms with E-state index in [0.717, 1.165) is 12.1 Å². The summed E-state index contributed by atoms with van der Waals surface area (Å²) in [5.74, 6) is 5.78. The Labute approximate surface area is 115 Å². The molecule has 0 bridgehead atoms. The predicted octanol–water partition coefficient (Wildman–Crippen LogP) is 2.09. The predicted molar refractivity (Wildman–Crippen MR) is 77.8 cm³/mol. The number of carbonyl (C=O) groups is 1. The SMILES string of the molecule is CCc1cc(C(=O)NC(C)C(C)(C)C)cc(NN)n1. The van der Waals surface area contributed by atoms with E-state index in [0.29, 0.717) is 11.4 Å². The number of nitrogens with one attached hydrogen (secondary N) is 2. The molecule has 0 fully saturated rings. The molecule has 1 amide bonds. The van der Waals surface area contributed by atoms with E-state index in [1.165, 1.54) is 0 Å². The quantitative estimate of drug-likeness (QED) is 0.574. The van der Waals surface area contributed by atoms with Crippen molar-refractivity contribution in [3.63, 3.8) is 0 Å². The molecule has 0 radical (unpaired) electrons. The molecule has 1 unspecified atom stereocenters. The minimum atomic E-state index is -0.101. The Balaban J connectivity index is 2.93. The van der Waals surface area contributed by atoms with Crippen molar-refractivity contribution in [3.05, 3.63) is 23.4 Å². The van der Waals surface area contributed by atoms with Crippen LogP contribution in [0.2, 0.25) is 0 Å². The van der Waals surface area contributed by atoms with Crippen molar-refractivity contribution in [2.45, 2.75) is 47.1 Å². The molecule has 0 aliphatic heterocycles. The number of aryl methyl sites for hydroxylation is 1. The summed E-state index contributed by atoms with van der Waals surface area (Å²) in [6, 6.07) is 3.53. The van der Waals surface area contributed by atoms with E-state index in [1.54, 1.807) is 12.1 Å². The lowest BCUT2D eigenvalue weighted by Gasteiger charge is -2.28. The molecule has 106 valence electrons. The van der Waals surface area contributed by atoms with Crippen LogP contribution in [0.1, 0.15) is 50.7 Å². The maximum Gasteiger partial charge on any atom is 0.251 e. The number of hydrogen-bond donors (Lipinski definition) is 3. The van der Waals surface area contributed by atoms with Gasteiger partial charge in [-0.05, 0) is 30.9 Å². The molecular formula is C14H24N4O. The highest BCUT2D eigenvalue weighted by molar-refractivity contribution is 5.95. The molecule has 1 aromatic rings. The summed E-state index contributed by atoms with van der Waals surface area (Å²) in [6.07, 6.45) is 0.755. The van der Waals surface area contributed by atoms with Crippen LogP contribution in [0, 0.1) is 5.41 Å². The molecule has 1 heterocycles. The molecule has 0 aromatic carbocycles. The third-order valence-corrected chi connectivity index (χ3v) is 3.30. The Morgan fingerprint density at radius 1 is 1.42 bits per heavy atom. The van der Waals surface area contributed by atoms with Gasteiger partial charge in [0.25, 0.3) is 5.91 Å². The van der Waals surface area contributed by atoms with Gasteiger partial charge in [-0.15, -0.1) is 0 Å². The summed E-state index contributed by atoms with van der Waals surface area (Å²) in [5, 5.41) is 3.00. The second kappa shape index (κ2) is 6.02. The highest BCUT2D eigenvalue weighted by Crippen LogP contribution is 2.19. The van der Waals surface area contributed by atoms with E-state index < -0.39 is 0 Å². The zero-order valence-corrected chi connectivity index (χ0v) is 12.4. The summed E-state index contributed by atoms with van der Waals surface area (Å²) < 4.78 is 0. The number of rotatable bonds is 4. The smallest absolute Gasteiger partial charge is 0.251 e. The van der Waals surface area contributed by atoms with E-state index >= 15 is 0 Å². The van der Waals surface area contributed by atoms with E-state index in [-0.39, 0.29) is 17.4 Å². The molecule has 0 saturated carbocycles. The van der Waals surface area contributed by atoms with Crippen molar-refractivity contribution in [1.29, 1.82) is 0 Å². The molecule has 1 rings (SSSR count). The van der Waals surface area contributed by atoms with Gasteiger partial charge in [-0.2, -0.15) is 0 Å². The van der Waals surface area contributed by atoms with Crippen molar-refractivity contribution in [1.82, 2.24) is 10.3 Å². The Morgan fingerprint density at radius 2 is 2.05 bits per heavy atom. The van der Waals surface area contributed by atoms with Crippen molar-refractivity contribution in [2.24, 2.45) is 11.3 Å². The third kappa shape index (κ3) is 4.21. The van der Waals surface area contributed by atoms with Crippen molar-refractivity contribution in [2.75, 3.05) is 5.43 Å². The summed E-state index contributed by atoms with van der Waals surface area (Å²) in [4.78, 5) is 16.5. The number of nitrogen functional groups attached to an aromatic ring is 1. The number of nitrogens with zero attached hydrogens (tertiary/aromatic N) is 1. The summed E-state index contributed by atoms with van der Waals surface area (Å²) in [5.41, 5.74) is 3.93. The first-order chi connectivity index (χ1) is 8.77. The number of hydrogen-bond acceptors (Lipinski definition) is 4. The van der Waals surface area contributed by atoms with Crippen LogP contribution in [0.4, 0.5) is 5.82 Å². The van der Waals surface area contributed by atoms with Gasteiger partial charge in [0.05, 0.1) is 0 Å². The molecule has 0 saturated heterocycles. The van der Waals surface area contributed by atoms with Crippen LogP contribution in [-0.4, -0.2) is 16.9 Å². The van der Waals surface area contributed by atoms with Crippen molar-refractivity contribution in [3.8, 4) is 0 Å². The van der Waals surface area contributed by atoms with Crippen LogP contribution >= 0.6 is 0 Å². The second-order valence-electron chi connectivity index (χ2n) is 5.79. The van der Waals surface area contributed by atoms with E-state index in [4.69, 9.17) is 5.84 Å². The van der Waals surface area contributed by atoms with Gasteiger partial charge in [-0.1, -0.05) is 27.7 Å². The van der Waals surface area contributed by atoms with E-state index in [9.17, 15) is 4.79 Å². The average molecular weight is 264 g/mol. The Hall–Kier alpha value is -1.62. The third-order valence-electron chi connectivity index (χ3n) is 3.30. The molecule has 0 aliphatic rings. The molecule has 5 heteroatoms. The fourth-order valence-corrected chi connectivity index (χ4v) is 1.47. The number of aromatic nitrogens is 1. The largest absolute Gasteiger partial charge is 0.349 e. The lowest BCUT2D eigenvalue weighted by molar-refractivity contribution is 0.0910. The van der Waals surface area contributed by atoms with Gasteiger partial charge in [0.15, 0.2) is 0 Å². The fourth-order valence-electron chi connectivity index (χ4n) is 1.47. The maximum absolute atomic E-state index is 12.2. The number of nitrogens with two attached hydrogens (primary N) is 1. The normalized spacial score (nSPS) is 12.9. The zero-order valence-electron chi connectivity index (χ0n) is 12.4. The molecule has 4 N–H and O–H groups in total. The lowest BCUT2D eigenvalue weighted by Crippen LogP contribution is -2.41. The van der Waals surface area contributed by atoms with E-state index in [1.807, 2.05) is 13.8 Å². The lowest BCUT2D eigenvalue weighted by atomic mass is 9.88. The number of carbonyl (C=O) groups excluding carboxylic acids is 1. The van der Waals surface area contributed by atoms with Crippen LogP contribution in [-0.2, 0) is 6.42 Å². The van der Waals surface area contributed by atoms with Gasteiger partial charge in [0.1, 0.15) is 5.82 Å². The minimum absolute atomic E-state index is 0.0191. The topological polar surface area (TPSA) is 80.0 Å². The Morgan fingerprint density at radius 3 is 2.53 bits per heavy atom. The zero-order chi connectivity index (χ0) is 14.6. The number of amides is 1. The van der Waals surface area contributed by atoms with Crippen LogP contribution in [0.15, 0.2) is 12.1 Å². The van der Waals surface area contributed by atoms with Gasteiger partial charge < -0.3 is 10.7 Å². The molecule has 1 atom stereocenters. The summed E-state index contributed by atoms with van der Waals surface area (Å²) in [7, 11) is 0. The van der Waals surface area contributed by atoms with Crippen LogP contribution in [0.25, 0.3) is 0 Å². The monoisotopic (exact) mass is 264 g/mol. The first-order valence-electron chi connectivity index (χ1n) is 6.56. The molecule has 0 aliphatic carbocycles. The van der Waals surface area contributed by atoms with E-state index in [2.05, 4.69) is 36.5 Å². The molecular weight excluding hydrogens is 240 g/mol. The minimum Gasteiger partial charge on any atom is -0.349 e. The van der Waals surface area contributed by atoms with Gasteiger partial charge in [0.2, 0.25) is 0 Å². The highest BCUT2D eigenvalue weighted by atomic mass is 16.1. The number of pyridine rings is 1. The molecule has 19 heavy (non-hydrogen) atoms. The van der Waals surface area contributed by atoms with Gasteiger partial charge >= 0.3 is 0 Å². The number of anilines is 1. The maximum atomic E-state index is 12.2.